The minimum atomic E-state index is -3.65. The Morgan fingerprint density at radius 3 is 2.21 bits per heavy atom. The van der Waals surface area contributed by atoms with Crippen LogP contribution in [0, 0.1) is 0 Å². The molecule has 0 saturated heterocycles. The summed E-state index contributed by atoms with van der Waals surface area (Å²) in [5, 5.41) is 11.7. The molecular weight excluding hydrogens is 282 g/mol. The highest BCUT2D eigenvalue weighted by molar-refractivity contribution is 7.89. The Hall–Kier alpha value is -1.18. The van der Waals surface area contributed by atoms with Gasteiger partial charge in [0.2, 0.25) is 10.0 Å². The van der Waals surface area contributed by atoms with E-state index in [1.54, 1.807) is 12.1 Å². The fraction of sp³-hybridized carbons (Fsp3) is 0.417. The van der Waals surface area contributed by atoms with Gasteiger partial charge in [-0.1, -0.05) is 13.8 Å². The summed E-state index contributed by atoms with van der Waals surface area (Å²) in [5.41, 5.74) is 0.718. The molecule has 0 amide bonds. The first kappa shape index (κ1) is 15.9. The van der Waals surface area contributed by atoms with Gasteiger partial charge in [-0.15, -0.1) is 0 Å². The third-order valence-corrected chi connectivity index (χ3v) is 3.91. The number of nitrogens with one attached hydrogen (secondary N) is 2. The molecule has 0 unspecified atom stereocenters. The van der Waals surface area contributed by atoms with Crippen molar-refractivity contribution in [3.63, 3.8) is 0 Å². The summed E-state index contributed by atoms with van der Waals surface area (Å²) < 4.78 is 22.2. The van der Waals surface area contributed by atoms with E-state index >= 15 is 0 Å². The van der Waals surface area contributed by atoms with Crippen molar-refractivity contribution in [1.29, 1.82) is 0 Å². The maximum absolute atomic E-state index is 11.1. The first-order valence-corrected chi connectivity index (χ1v) is 8.02. The van der Waals surface area contributed by atoms with Crippen molar-refractivity contribution in [1.82, 2.24) is 5.32 Å². The van der Waals surface area contributed by atoms with Gasteiger partial charge in [0.25, 0.3) is 0 Å². The lowest BCUT2D eigenvalue weighted by molar-refractivity contribution is 0.573. The van der Waals surface area contributed by atoms with Crippen LogP contribution in [0.5, 0.6) is 0 Å². The number of thiocarbonyl (C=S) groups is 1. The smallest absolute Gasteiger partial charge is 0.238 e. The van der Waals surface area contributed by atoms with Crippen molar-refractivity contribution in [3.8, 4) is 0 Å². The largest absolute Gasteiger partial charge is 0.360 e. The lowest BCUT2D eigenvalue weighted by atomic mass is 10.2. The Kier molecular flexibility index (Phi) is 5.71. The Morgan fingerprint density at radius 2 is 1.79 bits per heavy atom. The van der Waals surface area contributed by atoms with Gasteiger partial charge in [-0.25, -0.2) is 13.6 Å². The summed E-state index contributed by atoms with van der Waals surface area (Å²) in [6.07, 6.45) is 1.98. The van der Waals surface area contributed by atoms with E-state index < -0.39 is 10.0 Å². The van der Waals surface area contributed by atoms with E-state index in [1.807, 2.05) is 0 Å². The molecule has 0 aliphatic carbocycles. The van der Waals surface area contributed by atoms with Crippen molar-refractivity contribution in [2.45, 2.75) is 37.6 Å². The standard InChI is InChI=1S/C12H19N3O2S2/c1-3-9(4-2)14-12(18)15-10-5-7-11(8-6-10)19(13,16)17/h5-9H,3-4H2,1-2H3,(H2,13,16,17)(H2,14,15,18). The topological polar surface area (TPSA) is 84.2 Å². The molecule has 0 spiro atoms. The number of rotatable bonds is 5. The van der Waals surface area contributed by atoms with Crippen LogP contribution in [0.25, 0.3) is 0 Å². The van der Waals surface area contributed by atoms with Gasteiger partial charge < -0.3 is 10.6 Å². The van der Waals surface area contributed by atoms with Gasteiger partial charge in [0.05, 0.1) is 4.90 Å². The molecular formula is C12H19N3O2S2. The molecule has 1 rings (SSSR count). The predicted octanol–water partition coefficient (Wildman–Crippen LogP) is 1.81. The van der Waals surface area contributed by atoms with E-state index in [4.69, 9.17) is 17.4 Å². The summed E-state index contributed by atoms with van der Waals surface area (Å²) >= 11 is 5.19. The lowest BCUT2D eigenvalue weighted by Gasteiger charge is -2.17. The van der Waals surface area contributed by atoms with Crippen molar-refractivity contribution in [3.05, 3.63) is 24.3 Å². The maximum Gasteiger partial charge on any atom is 0.238 e. The second kappa shape index (κ2) is 6.83. The van der Waals surface area contributed by atoms with Gasteiger partial charge >= 0.3 is 0 Å². The molecule has 0 aliphatic rings. The molecule has 1 aromatic carbocycles. The van der Waals surface area contributed by atoms with Gasteiger partial charge in [-0.3, -0.25) is 0 Å². The van der Waals surface area contributed by atoms with Crippen LogP contribution in [0.15, 0.2) is 29.2 Å². The fourth-order valence-corrected chi connectivity index (χ4v) is 2.37. The number of nitrogens with two attached hydrogens (primary N) is 1. The first-order valence-electron chi connectivity index (χ1n) is 6.07. The Morgan fingerprint density at radius 1 is 1.26 bits per heavy atom. The molecule has 0 bridgehead atoms. The third kappa shape index (κ3) is 5.14. The molecule has 0 fully saturated rings. The van der Waals surface area contributed by atoms with Gasteiger partial charge in [0.1, 0.15) is 0 Å². The molecule has 4 N–H and O–H groups in total. The van der Waals surface area contributed by atoms with E-state index in [2.05, 4.69) is 24.5 Å². The molecule has 7 heteroatoms. The number of benzene rings is 1. The molecule has 5 nitrogen and oxygen atoms in total. The lowest BCUT2D eigenvalue weighted by Crippen LogP contribution is -2.36. The van der Waals surface area contributed by atoms with Crippen LogP contribution in [0.1, 0.15) is 26.7 Å². The highest BCUT2D eigenvalue weighted by Crippen LogP contribution is 2.12. The van der Waals surface area contributed by atoms with Crippen LogP contribution in [-0.2, 0) is 10.0 Å². The molecule has 0 aliphatic heterocycles. The molecule has 106 valence electrons. The monoisotopic (exact) mass is 301 g/mol. The third-order valence-electron chi connectivity index (χ3n) is 2.76. The van der Waals surface area contributed by atoms with Crippen molar-refractivity contribution < 1.29 is 8.42 Å². The van der Waals surface area contributed by atoms with E-state index in [1.165, 1.54) is 12.1 Å². The van der Waals surface area contributed by atoms with Crippen molar-refractivity contribution >= 4 is 33.0 Å². The molecule has 0 heterocycles. The predicted molar refractivity (Wildman–Crippen MR) is 81.5 cm³/mol. The Balaban J connectivity index is 2.66. The average Bonchev–Trinajstić information content (AvgIpc) is 2.35. The quantitative estimate of drug-likeness (QED) is 0.722. The van der Waals surface area contributed by atoms with E-state index in [0.717, 1.165) is 18.5 Å². The van der Waals surface area contributed by atoms with E-state index in [-0.39, 0.29) is 4.90 Å². The van der Waals surface area contributed by atoms with E-state index in [9.17, 15) is 8.42 Å². The number of primary sulfonamides is 1. The SMILES string of the molecule is CCC(CC)NC(=S)Nc1ccc(S(N)(=O)=O)cc1. The van der Waals surface area contributed by atoms with Crippen molar-refractivity contribution in [2.75, 3.05) is 5.32 Å². The first-order chi connectivity index (χ1) is 8.86. The minimum absolute atomic E-state index is 0.0805. The van der Waals surface area contributed by atoms with E-state index in [0.29, 0.717) is 11.2 Å². The summed E-state index contributed by atoms with van der Waals surface area (Å²) in [4.78, 5) is 0.0805. The number of hydrogen-bond donors (Lipinski definition) is 3. The number of hydrogen-bond acceptors (Lipinski definition) is 3. The van der Waals surface area contributed by atoms with Gasteiger partial charge in [0, 0.05) is 11.7 Å². The molecule has 19 heavy (non-hydrogen) atoms. The Bertz CT molecular complexity index is 522. The van der Waals surface area contributed by atoms with Crippen LogP contribution in [0.3, 0.4) is 0 Å². The summed E-state index contributed by atoms with van der Waals surface area (Å²) in [6.45, 7) is 4.18. The molecule has 1 aromatic rings. The molecule has 0 aromatic heterocycles. The normalized spacial score (nSPS) is 11.4. The summed E-state index contributed by atoms with van der Waals surface area (Å²) in [6, 6.07) is 6.47. The number of sulfonamides is 1. The fourth-order valence-electron chi connectivity index (χ4n) is 1.57. The highest BCUT2D eigenvalue weighted by Gasteiger charge is 2.08. The molecule has 0 radical (unpaired) electrons. The van der Waals surface area contributed by atoms with Crippen LogP contribution in [0.4, 0.5) is 5.69 Å². The number of anilines is 1. The molecule has 0 atom stereocenters. The zero-order valence-corrected chi connectivity index (χ0v) is 12.6. The van der Waals surface area contributed by atoms with Gasteiger partial charge in [-0.2, -0.15) is 0 Å². The maximum atomic E-state index is 11.1. The highest BCUT2D eigenvalue weighted by atomic mass is 32.2. The van der Waals surface area contributed by atoms with Crippen LogP contribution in [0.2, 0.25) is 0 Å². The van der Waals surface area contributed by atoms with Crippen LogP contribution >= 0.6 is 12.2 Å². The molecule has 0 saturated carbocycles. The summed E-state index contributed by atoms with van der Waals surface area (Å²) in [7, 11) is -3.65. The zero-order valence-electron chi connectivity index (χ0n) is 11.0. The summed E-state index contributed by atoms with van der Waals surface area (Å²) in [5.74, 6) is 0. The van der Waals surface area contributed by atoms with Crippen molar-refractivity contribution in [2.24, 2.45) is 5.14 Å². The van der Waals surface area contributed by atoms with Gasteiger partial charge in [0.15, 0.2) is 5.11 Å². The van der Waals surface area contributed by atoms with Gasteiger partial charge in [-0.05, 0) is 49.3 Å². The second-order valence-corrected chi connectivity index (χ2v) is 6.15. The minimum Gasteiger partial charge on any atom is -0.360 e. The average molecular weight is 301 g/mol. The Labute approximate surface area is 119 Å². The zero-order chi connectivity index (χ0) is 14.5. The van der Waals surface area contributed by atoms with Crippen LogP contribution in [-0.4, -0.2) is 19.6 Å². The van der Waals surface area contributed by atoms with Crippen LogP contribution < -0.4 is 15.8 Å². The second-order valence-electron chi connectivity index (χ2n) is 4.18.